The van der Waals surface area contributed by atoms with Crippen LogP contribution in [0.3, 0.4) is 0 Å². The molecule has 1 atom stereocenters. The van der Waals surface area contributed by atoms with Crippen LogP contribution < -0.4 is 10.0 Å². The molecular weight excluding hydrogens is 380 g/mol. The van der Waals surface area contributed by atoms with Gasteiger partial charge in [0.25, 0.3) is 15.9 Å². The van der Waals surface area contributed by atoms with Crippen LogP contribution in [-0.2, 0) is 10.0 Å². The zero-order valence-corrected chi connectivity index (χ0v) is 17.1. The van der Waals surface area contributed by atoms with E-state index in [0.29, 0.717) is 11.1 Å². The van der Waals surface area contributed by atoms with Crippen molar-refractivity contribution in [3.8, 4) is 0 Å². The lowest BCUT2D eigenvalue weighted by Crippen LogP contribution is -2.32. The minimum absolute atomic E-state index is 0.0608. The Morgan fingerprint density at radius 2 is 1.79 bits per heavy atom. The largest absolute Gasteiger partial charge is 0.478 e. The number of anilines is 1. The molecule has 0 bridgehead atoms. The molecule has 0 unspecified atom stereocenters. The fourth-order valence-electron chi connectivity index (χ4n) is 2.60. The van der Waals surface area contributed by atoms with E-state index in [-0.39, 0.29) is 33.7 Å². The Bertz CT molecular complexity index is 1020. The van der Waals surface area contributed by atoms with Gasteiger partial charge in [0.05, 0.1) is 21.7 Å². The predicted molar refractivity (Wildman–Crippen MR) is 107 cm³/mol. The topological polar surface area (TPSA) is 113 Å². The number of aryl methyl sites for hydroxylation is 1. The number of sulfonamides is 1. The molecule has 0 saturated carbocycles. The fourth-order valence-corrected chi connectivity index (χ4v) is 4.03. The smallest absolute Gasteiger partial charge is 0.335 e. The molecule has 2 aromatic carbocycles. The molecule has 7 nitrogen and oxygen atoms in total. The summed E-state index contributed by atoms with van der Waals surface area (Å²) in [5.74, 6) is -1.60. The molecular formula is C20H24N2O5S. The number of nitrogens with one attached hydrogen (secondary N) is 2. The minimum atomic E-state index is -4.11. The van der Waals surface area contributed by atoms with Crippen LogP contribution in [0.4, 0.5) is 5.69 Å². The van der Waals surface area contributed by atoms with Crippen LogP contribution in [0.15, 0.2) is 41.3 Å². The minimum Gasteiger partial charge on any atom is -0.478 e. The van der Waals surface area contributed by atoms with E-state index in [9.17, 15) is 23.1 Å². The number of carboxylic acid groups (broad SMARTS) is 1. The second-order valence-electron chi connectivity index (χ2n) is 6.66. The molecule has 0 aromatic heterocycles. The third-order valence-electron chi connectivity index (χ3n) is 4.56. The fraction of sp³-hybridized carbons (Fsp3) is 0.300. The Morgan fingerprint density at radius 1 is 1.14 bits per heavy atom. The predicted octanol–water partition coefficient (Wildman–Crippen LogP) is 3.33. The van der Waals surface area contributed by atoms with Crippen LogP contribution in [0.1, 0.15) is 52.1 Å². The van der Waals surface area contributed by atoms with Crippen molar-refractivity contribution < 1.29 is 23.1 Å². The molecule has 0 spiro atoms. The molecule has 0 aliphatic heterocycles. The van der Waals surface area contributed by atoms with Crippen molar-refractivity contribution in [2.45, 2.75) is 45.1 Å². The molecule has 3 N–H and O–H groups in total. The highest BCUT2D eigenvalue weighted by Gasteiger charge is 2.23. The van der Waals surface area contributed by atoms with Crippen molar-refractivity contribution in [3.05, 3.63) is 58.7 Å². The maximum absolute atomic E-state index is 13.0. The molecule has 0 saturated heterocycles. The average molecular weight is 404 g/mol. The van der Waals surface area contributed by atoms with E-state index < -0.39 is 16.0 Å². The van der Waals surface area contributed by atoms with Crippen LogP contribution >= 0.6 is 0 Å². The van der Waals surface area contributed by atoms with Gasteiger partial charge in [0.15, 0.2) is 0 Å². The summed E-state index contributed by atoms with van der Waals surface area (Å²) in [6.07, 6.45) is 0.736. The number of para-hydroxylation sites is 1. The van der Waals surface area contributed by atoms with Gasteiger partial charge in [-0.3, -0.25) is 9.52 Å². The first-order valence-electron chi connectivity index (χ1n) is 8.84. The Hall–Kier alpha value is -2.87. The van der Waals surface area contributed by atoms with Gasteiger partial charge in [-0.15, -0.1) is 0 Å². The molecule has 2 aromatic rings. The van der Waals surface area contributed by atoms with Gasteiger partial charge in [0.2, 0.25) is 0 Å². The maximum atomic E-state index is 13.0. The summed E-state index contributed by atoms with van der Waals surface area (Å²) in [6.45, 7) is 7.04. The summed E-state index contributed by atoms with van der Waals surface area (Å²) in [5.41, 5.74) is 1.18. The van der Waals surface area contributed by atoms with Crippen LogP contribution in [0.5, 0.6) is 0 Å². The number of carbonyl (C=O) groups is 2. The summed E-state index contributed by atoms with van der Waals surface area (Å²) >= 11 is 0. The maximum Gasteiger partial charge on any atom is 0.335 e. The first kappa shape index (κ1) is 21.4. The van der Waals surface area contributed by atoms with E-state index in [2.05, 4.69) is 10.0 Å². The highest BCUT2D eigenvalue weighted by atomic mass is 32.2. The van der Waals surface area contributed by atoms with Crippen LogP contribution in [-0.4, -0.2) is 31.4 Å². The lowest BCUT2D eigenvalue weighted by molar-refractivity contribution is 0.0696. The van der Waals surface area contributed by atoms with Crippen LogP contribution in [0.25, 0.3) is 0 Å². The second-order valence-corrected chi connectivity index (χ2v) is 8.31. The number of aromatic carboxylic acids is 1. The van der Waals surface area contributed by atoms with E-state index in [1.54, 1.807) is 26.0 Å². The number of benzene rings is 2. The van der Waals surface area contributed by atoms with Crippen molar-refractivity contribution in [1.29, 1.82) is 0 Å². The number of rotatable bonds is 7. The Balaban J connectivity index is 2.47. The van der Waals surface area contributed by atoms with Gasteiger partial charge >= 0.3 is 5.97 Å². The van der Waals surface area contributed by atoms with Crippen LogP contribution in [0, 0.1) is 13.8 Å². The zero-order chi connectivity index (χ0) is 21.1. The quantitative estimate of drug-likeness (QED) is 0.655. The summed E-state index contributed by atoms with van der Waals surface area (Å²) < 4.78 is 28.4. The molecule has 0 fully saturated rings. The van der Waals surface area contributed by atoms with Crippen molar-refractivity contribution in [3.63, 3.8) is 0 Å². The van der Waals surface area contributed by atoms with Gasteiger partial charge in [0.1, 0.15) is 0 Å². The highest BCUT2D eigenvalue weighted by Crippen LogP contribution is 2.25. The number of hydrogen-bond donors (Lipinski definition) is 3. The van der Waals surface area contributed by atoms with Gasteiger partial charge in [-0.05, 0) is 62.6 Å². The first-order valence-corrected chi connectivity index (χ1v) is 10.3. The molecule has 28 heavy (non-hydrogen) atoms. The highest BCUT2D eigenvalue weighted by molar-refractivity contribution is 7.92. The summed E-state index contributed by atoms with van der Waals surface area (Å²) in [6, 6.07) is 8.76. The monoisotopic (exact) mass is 404 g/mol. The Labute approximate surface area is 164 Å². The number of carbonyl (C=O) groups excluding carboxylic acids is 1. The summed E-state index contributed by atoms with van der Waals surface area (Å²) in [7, 11) is -4.11. The number of carboxylic acids is 1. The van der Waals surface area contributed by atoms with E-state index in [0.717, 1.165) is 12.5 Å². The number of hydrogen-bond acceptors (Lipinski definition) is 4. The molecule has 0 aliphatic rings. The van der Waals surface area contributed by atoms with Gasteiger partial charge in [-0.2, -0.15) is 0 Å². The van der Waals surface area contributed by atoms with Crippen molar-refractivity contribution in [2.75, 3.05) is 4.72 Å². The van der Waals surface area contributed by atoms with Crippen molar-refractivity contribution in [2.24, 2.45) is 0 Å². The molecule has 1 amide bonds. The number of amides is 1. The SMILES string of the molecule is CC[C@H](C)NC(=O)c1ccccc1NS(=O)(=O)c1cc(C(=O)O)cc(C)c1C. The van der Waals surface area contributed by atoms with Crippen LogP contribution in [0.2, 0.25) is 0 Å². The molecule has 8 heteroatoms. The third kappa shape index (κ3) is 4.69. The molecule has 150 valence electrons. The van der Waals surface area contributed by atoms with Gasteiger partial charge in [-0.1, -0.05) is 19.1 Å². The van der Waals surface area contributed by atoms with Crippen molar-refractivity contribution in [1.82, 2.24) is 5.32 Å². The first-order chi connectivity index (χ1) is 13.1. The normalized spacial score (nSPS) is 12.3. The van der Waals surface area contributed by atoms with Gasteiger partial charge < -0.3 is 10.4 Å². The van der Waals surface area contributed by atoms with Crippen molar-refractivity contribution >= 4 is 27.6 Å². The lowest BCUT2D eigenvalue weighted by atomic mass is 10.1. The lowest BCUT2D eigenvalue weighted by Gasteiger charge is -2.17. The van der Waals surface area contributed by atoms with Gasteiger partial charge in [0, 0.05) is 6.04 Å². The molecule has 0 aliphatic carbocycles. The van der Waals surface area contributed by atoms with E-state index >= 15 is 0 Å². The molecule has 0 heterocycles. The third-order valence-corrected chi connectivity index (χ3v) is 6.05. The Kier molecular flexibility index (Phi) is 6.45. The second kappa shape index (κ2) is 8.43. The summed E-state index contributed by atoms with van der Waals surface area (Å²) in [5, 5.41) is 12.0. The zero-order valence-electron chi connectivity index (χ0n) is 16.2. The van der Waals surface area contributed by atoms with E-state index in [4.69, 9.17) is 0 Å². The Morgan fingerprint density at radius 3 is 2.39 bits per heavy atom. The summed E-state index contributed by atoms with van der Waals surface area (Å²) in [4.78, 5) is 23.7. The average Bonchev–Trinajstić information content (AvgIpc) is 2.63. The van der Waals surface area contributed by atoms with Gasteiger partial charge in [-0.25, -0.2) is 13.2 Å². The molecule has 0 radical (unpaired) electrons. The molecule has 2 rings (SSSR count). The van der Waals surface area contributed by atoms with E-state index in [1.165, 1.54) is 18.2 Å². The standard InChI is InChI=1S/C20H24N2O5S/c1-5-13(3)21-19(23)16-8-6-7-9-17(16)22-28(26,27)18-11-15(20(24)25)10-12(2)14(18)4/h6-11,13,22H,5H2,1-4H3,(H,21,23)(H,24,25)/t13-/m0/s1. The van der Waals surface area contributed by atoms with E-state index in [1.807, 2.05) is 13.8 Å².